The van der Waals surface area contributed by atoms with Crippen LogP contribution in [0, 0.1) is 11.2 Å². The molecule has 2 rings (SSSR count). The monoisotopic (exact) mass is 235 g/mol. The number of carbonyl (C=O) groups excluding carboxylic acids is 1. The van der Waals surface area contributed by atoms with Crippen molar-refractivity contribution < 1.29 is 9.18 Å². The Hall–Kier alpha value is -1.38. The van der Waals surface area contributed by atoms with Gasteiger partial charge in [-0.15, -0.1) is 0 Å². The molecular formula is C14H18FNO. The molecule has 1 N–H and O–H groups in total. The minimum absolute atomic E-state index is 0.0747. The second-order valence-corrected chi connectivity index (χ2v) is 5.85. The molecule has 17 heavy (non-hydrogen) atoms. The van der Waals surface area contributed by atoms with E-state index in [2.05, 4.69) is 26.1 Å². The maximum Gasteiger partial charge on any atom is 0.232 e. The van der Waals surface area contributed by atoms with Crippen molar-refractivity contribution in [2.24, 2.45) is 5.41 Å². The van der Waals surface area contributed by atoms with Gasteiger partial charge in [-0.25, -0.2) is 4.39 Å². The van der Waals surface area contributed by atoms with E-state index in [1.807, 2.05) is 6.07 Å². The lowest BCUT2D eigenvalue weighted by atomic mass is 9.85. The van der Waals surface area contributed by atoms with E-state index < -0.39 is 0 Å². The molecule has 1 unspecified atom stereocenters. The molecule has 0 bridgehead atoms. The summed E-state index contributed by atoms with van der Waals surface area (Å²) in [5, 5.41) is 2.64. The van der Waals surface area contributed by atoms with Gasteiger partial charge in [-0.05, 0) is 29.9 Å². The zero-order valence-corrected chi connectivity index (χ0v) is 10.5. The summed E-state index contributed by atoms with van der Waals surface area (Å²) >= 11 is 0. The predicted molar refractivity (Wildman–Crippen MR) is 66.5 cm³/mol. The lowest BCUT2D eigenvalue weighted by Gasteiger charge is -2.19. The molecule has 0 fully saturated rings. The lowest BCUT2D eigenvalue weighted by molar-refractivity contribution is -0.117. The summed E-state index contributed by atoms with van der Waals surface area (Å²) in [7, 11) is 0. The van der Waals surface area contributed by atoms with E-state index >= 15 is 0 Å². The summed E-state index contributed by atoms with van der Waals surface area (Å²) in [6, 6.07) is 4.88. The molecule has 1 heterocycles. The molecule has 0 saturated carbocycles. The Morgan fingerprint density at radius 2 is 2.06 bits per heavy atom. The number of anilines is 1. The molecule has 1 aromatic rings. The number of benzene rings is 1. The summed E-state index contributed by atoms with van der Waals surface area (Å²) in [6.07, 6.45) is 1.72. The van der Waals surface area contributed by atoms with Crippen molar-refractivity contribution in [1.82, 2.24) is 0 Å². The van der Waals surface area contributed by atoms with Gasteiger partial charge in [0.05, 0.1) is 11.6 Å². The Labute approximate surface area is 101 Å². The van der Waals surface area contributed by atoms with Gasteiger partial charge in [0.15, 0.2) is 0 Å². The highest BCUT2D eigenvalue weighted by molar-refractivity contribution is 6.02. The van der Waals surface area contributed by atoms with Crippen molar-refractivity contribution in [1.29, 1.82) is 0 Å². The number of hydrogen-bond donors (Lipinski definition) is 1. The van der Waals surface area contributed by atoms with Crippen LogP contribution in [0.1, 0.15) is 45.1 Å². The molecule has 0 spiro atoms. The number of fused-ring (bicyclic) bond motifs is 1. The molecule has 1 atom stereocenters. The van der Waals surface area contributed by atoms with Crippen LogP contribution in [0.25, 0.3) is 0 Å². The van der Waals surface area contributed by atoms with Crippen LogP contribution in [-0.2, 0) is 4.79 Å². The van der Waals surface area contributed by atoms with E-state index in [4.69, 9.17) is 0 Å². The van der Waals surface area contributed by atoms with Gasteiger partial charge in [-0.1, -0.05) is 32.9 Å². The van der Waals surface area contributed by atoms with Gasteiger partial charge < -0.3 is 5.32 Å². The second kappa shape index (κ2) is 4.13. The number of rotatable bonds is 2. The van der Waals surface area contributed by atoms with Crippen molar-refractivity contribution in [3.05, 3.63) is 29.6 Å². The third-order valence-electron chi connectivity index (χ3n) is 3.17. The molecule has 1 amide bonds. The highest BCUT2D eigenvalue weighted by Crippen LogP contribution is 2.38. The molecule has 1 aromatic carbocycles. The first-order valence-electron chi connectivity index (χ1n) is 5.98. The van der Waals surface area contributed by atoms with Crippen LogP contribution < -0.4 is 5.32 Å². The first-order valence-corrected chi connectivity index (χ1v) is 5.98. The highest BCUT2D eigenvalue weighted by Gasteiger charge is 2.32. The summed E-state index contributed by atoms with van der Waals surface area (Å²) in [5.41, 5.74) is 1.37. The van der Waals surface area contributed by atoms with Gasteiger partial charge in [0.25, 0.3) is 0 Å². The van der Waals surface area contributed by atoms with Gasteiger partial charge in [0.2, 0.25) is 5.91 Å². The fraction of sp³-hybridized carbons (Fsp3) is 0.500. The fourth-order valence-corrected chi connectivity index (χ4v) is 2.18. The van der Waals surface area contributed by atoms with E-state index in [0.717, 1.165) is 18.4 Å². The number of nitrogens with one attached hydrogen (secondary N) is 1. The average Bonchev–Trinajstić information content (AvgIpc) is 2.52. The SMILES string of the molecule is CC(C)(C)CCC1C(=O)Nc2c(F)cccc21. The largest absolute Gasteiger partial charge is 0.323 e. The molecule has 0 radical (unpaired) electrons. The zero-order valence-electron chi connectivity index (χ0n) is 10.5. The molecule has 2 nitrogen and oxygen atoms in total. The zero-order chi connectivity index (χ0) is 12.6. The van der Waals surface area contributed by atoms with Gasteiger partial charge >= 0.3 is 0 Å². The third-order valence-corrected chi connectivity index (χ3v) is 3.17. The molecule has 0 saturated heterocycles. The van der Waals surface area contributed by atoms with Gasteiger partial charge in [-0.2, -0.15) is 0 Å². The van der Waals surface area contributed by atoms with Crippen LogP contribution in [-0.4, -0.2) is 5.91 Å². The minimum Gasteiger partial charge on any atom is -0.323 e. The van der Waals surface area contributed by atoms with Gasteiger partial charge in [0.1, 0.15) is 5.82 Å². The van der Waals surface area contributed by atoms with Gasteiger partial charge in [-0.3, -0.25) is 4.79 Å². The van der Waals surface area contributed by atoms with Crippen LogP contribution in [0.4, 0.5) is 10.1 Å². The van der Waals surface area contributed by atoms with Crippen molar-refractivity contribution in [3.63, 3.8) is 0 Å². The molecular weight excluding hydrogens is 217 g/mol. The Kier molecular flexibility index (Phi) is 2.94. The van der Waals surface area contributed by atoms with Crippen LogP contribution in [0.15, 0.2) is 18.2 Å². The Bertz CT molecular complexity index is 448. The van der Waals surface area contributed by atoms with Crippen molar-refractivity contribution in [3.8, 4) is 0 Å². The van der Waals surface area contributed by atoms with E-state index in [0.29, 0.717) is 5.69 Å². The quantitative estimate of drug-likeness (QED) is 0.832. The van der Waals surface area contributed by atoms with E-state index in [9.17, 15) is 9.18 Å². The summed E-state index contributed by atoms with van der Waals surface area (Å²) in [6.45, 7) is 6.44. The van der Waals surface area contributed by atoms with E-state index in [1.165, 1.54) is 6.07 Å². The topological polar surface area (TPSA) is 29.1 Å². The van der Waals surface area contributed by atoms with Crippen LogP contribution >= 0.6 is 0 Å². The predicted octanol–water partition coefficient (Wildman–Crippen LogP) is 3.69. The third kappa shape index (κ3) is 2.48. The standard InChI is InChI=1S/C14H18FNO/c1-14(2,3)8-7-10-9-5-4-6-11(15)12(9)16-13(10)17/h4-6,10H,7-8H2,1-3H3,(H,16,17). The number of carbonyl (C=O) groups is 1. The molecule has 0 aromatic heterocycles. The first kappa shape index (κ1) is 12.1. The van der Waals surface area contributed by atoms with Crippen molar-refractivity contribution in [2.75, 3.05) is 5.32 Å². The van der Waals surface area contributed by atoms with Crippen LogP contribution in [0.5, 0.6) is 0 Å². The average molecular weight is 235 g/mol. The minimum atomic E-state index is -0.339. The number of amides is 1. The summed E-state index contributed by atoms with van der Waals surface area (Å²) < 4.78 is 13.5. The number of para-hydroxylation sites is 1. The maximum atomic E-state index is 13.5. The summed E-state index contributed by atoms with van der Waals surface area (Å²) in [4.78, 5) is 11.8. The lowest BCUT2D eigenvalue weighted by Crippen LogP contribution is -2.15. The summed E-state index contributed by atoms with van der Waals surface area (Å²) in [5.74, 6) is -0.608. The van der Waals surface area contributed by atoms with Gasteiger partial charge in [0, 0.05) is 0 Å². The van der Waals surface area contributed by atoms with Crippen LogP contribution in [0.3, 0.4) is 0 Å². The highest BCUT2D eigenvalue weighted by atomic mass is 19.1. The maximum absolute atomic E-state index is 13.5. The van der Waals surface area contributed by atoms with E-state index in [-0.39, 0.29) is 23.1 Å². The number of hydrogen-bond acceptors (Lipinski definition) is 1. The number of halogens is 1. The Morgan fingerprint density at radius 1 is 1.35 bits per heavy atom. The molecule has 3 heteroatoms. The van der Waals surface area contributed by atoms with Crippen LogP contribution in [0.2, 0.25) is 0 Å². The van der Waals surface area contributed by atoms with Crippen molar-refractivity contribution in [2.45, 2.75) is 39.5 Å². The Morgan fingerprint density at radius 3 is 2.71 bits per heavy atom. The van der Waals surface area contributed by atoms with Crippen molar-refractivity contribution >= 4 is 11.6 Å². The first-order chi connectivity index (χ1) is 7.88. The normalized spacial score (nSPS) is 19.1. The smallest absolute Gasteiger partial charge is 0.232 e. The molecule has 1 aliphatic heterocycles. The molecule has 1 aliphatic rings. The molecule has 0 aliphatic carbocycles. The van der Waals surface area contributed by atoms with E-state index in [1.54, 1.807) is 6.07 Å². The molecule has 92 valence electrons. The fourth-order valence-electron chi connectivity index (χ4n) is 2.18. The second-order valence-electron chi connectivity index (χ2n) is 5.85. The Balaban J connectivity index is 2.21.